The highest BCUT2D eigenvalue weighted by Gasteiger charge is 2.09. The van der Waals surface area contributed by atoms with E-state index in [9.17, 15) is 4.79 Å². The number of nitrogens with two attached hydrogens (primary N) is 2. The van der Waals surface area contributed by atoms with Crippen LogP contribution in [-0.2, 0) is 6.54 Å². The van der Waals surface area contributed by atoms with Crippen LogP contribution in [0, 0.1) is 12.8 Å². The maximum Gasteiger partial charge on any atom is 0.352 e. The molecule has 0 amide bonds. The maximum atomic E-state index is 12.5. The van der Waals surface area contributed by atoms with Gasteiger partial charge < -0.3 is 16.8 Å². The Balaban J connectivity index is 2.13. The molecule has 0 saturated heterocycles. The number of aryl methyl sites for hydroxylation is 1. The predicted molar refractivity (Wildman–Crippen MR) is 129 cm³/mol. The summed E-state index contributed by atoms with van der Waals surface area (Å²) < 4.78 is 1.62. The number of hydrogen-bond acceptors (Lipinski definition) is 4. The SMILES string of the molecule is CCC/C(=C\c1cn(-c2ccc(CNCCCN=C(N)N)cc2)c(=O)nc1C)C(C)C. The third-order valence-corrected chi connectivity index (χ3v) is 5.13. The Morgan fingerprint density at radius 2 is 1.97 bits per heavy atom. The van der Waals surface area contributed by atoms with Gasteiger partial charge in [-0.15, -0.1) is 0 Å². The van der Waals surface area contributed by atoms with Gasteiger partial charge in [0.15, 0.2) is 5.96 Å². The van der Waals surface area contributed by atoms with E-state index in [1.807, 2.05) is 37.4 Å². The van der Waals surface area contributed by atoms with E-state index >= 15 is 0 Å². The molecule has 0 unspecified atom stereocenters. The minimum atomic E-state index is -0.262. The molecule has 2 aromatic rings. The molecular formula is C24H36N6O. The Labute approximate surface area is 185 Å². The molecule has 7 nitrogen and oxygen atoms in total. The molecule has 0 aliphatic heterocycles. The van der Waals surface area contributed by atoms with Crippen molar-refractivity contribution in [3.8, 4) is 5.69 Å². The van der Waals surface area contributed by atoms with Crippen LogP contribution in [0.1, 0.15) is 56.9 Å². The molecule has 0 atom stereocenters. The van der Waals surface area contributed by atoms with E-state index in [0.29, 0.717) is 12.5 Å². The second kappa shape index (κ2) is 12.1. The fourth-order valence-corrected chi connectivity index (χ4v) is 3.31. The molecule has 0 aliphatic carbocycles. The summed E-state index contributed by atoms with van der Waals surface area (Å²) in [6.45, 7) is 10.7. The summed E-state index contributed by atoms with van der Waals surface area (Å²) in [7, 11) is 0. The van der Waals surface area contributed by atoms with Gasteiger partial charge in [0, 0.05) is 24.8 Å². The average Bonchev–Trinajstić information content (AvgIpc) is 2.72. The van der Waals surface area contributed by atoms with Crippen molar-refractivity contribution in [2.75, 3.05) is 13.1 Å². The Bertz CT molecular complexity index is 953. The van der Waals surface area contributed by atoms with Crippen molar-refractivity contribution >= 4 is 12.0 Å². The van der Waals surface area contributed by atoms with Crippen LogP contribution in [-0.4, -0.2) is 28.6 Å². The first-order chi connectivity index (χ1) is 14.8. The average molecular weight is 425 g/mol. The van der Waals surface area contributed by atoms with Gasteiger partial charge in [0.05, 0.1) is 11.4 Å². The van der Waals surface area contributed by atoms with Crippen LogP contribution in [0.2, 0.25) is 0 Å². The normalized spacial score (nSPS) is 11.7. The first kappa shape index (κ1) is 24.3. The Kier molecular flexibility index (Phi) is 9.46. The lowest BCUT2D eigenvalue weighted by atomic mass is 9.96. The molecule has 0 aliphatic rings. The summed E-state index contributed by atoms with van der Waals surface area (Å²) in [5.74, 6) is 0.590. The van der Waals surface area contributed by atoms with E-state index in [0.717, 1.165) is 54.9 Å². The zero-order valence-electron chi connectivity index (χ0n) is 19.2. The molecule has 0 spiro atoms. The Hall–Kier alpha value is -2.93. The van der Waals surface area contributed by atoms with Gasteiger partial charge in [-0.05, 0) is 49.9 Å². The minimum absolute atomic E-state index is 0.126. The number of aromatic nitrogens is 2. The molecule has 0 saturated carbocycles. The van der Waals surface area contributed by atoms with Gasteiger partial charge in [0.1, 0.15) is 0 Å². The first-order valence-electron chi connectivity index (χ1n) is 11.0. The number of guanidine groups is 1. The van der Waals surface area contributed by atoms with Gasteiger partial charge in [0.2, 0.25) is 0 Å². The topological polar surface area (TPSA) is 111 Å². The molecular weight excluding hydrogens is 388 g/mol. The number of aliphatic imine (C=N–C) groups is 1. The van der Waals surface area contributed by atoms with Gasteiger partial charge in [-0.25, -0.2) is 4.79 Å². The highest BCUT2D eigenvalue weighted by Crippen LogP contribution is 2.21. The van der Waals surface area contributed by atoms with Crippen LogP contribution >= 0.6 is 0 Å². The molecule has 5 N–H and O–H groups in total. The fraction of sp³-hybridized carbons (Fsp3) is 0.458. The van der Waals surface area contributed by atoms with Crippen LogP contribution in [0.5, 0.6) is 0 Å². The van der Waals surface area contributed by atoms with E-state index in [1.165, 1.54) is 5.57 Å². The third-order valence-electron chi connectivity index (χ3n) is 5.13. The van der Waals surface area contributed by atoms with Crippen molar-refractivity contribution in [3.05, 3.63) is 63.3 Å². The lowest BCUT2D eigenvalue weighted by Gasteiger charge is -2.13. The summed E-state index contributed by atoms with van der Waals surface area (Å²) in [5.41, 5.74) is 15.4. The lowest BCUT2D eigenvalue weighted by Crippen LogP contribution is -2.23. The largest absolute Gasteiger partial charge is 0.370 e. The smallest absolute Gasteiger partial charge is 0.352 e. The van der Waals surface area contributed by atoms with Gasteiger partial charge in [-0.1, -0.05) is 51.0 Å². The summed E-state index contributed by atoms with van der Waals surface area (Å²) >= 11 is 0. The van der Waals surface area contributed by atoms with Crippen LogP contribution in [0.25, 0.3) is 11.8 Å². The third kappa shape index (κ3) is 7.68. The van der Waals surface area contributed by atoms with Crippen molar-refractivity contribution in [3.63, 3.8) is 0 Å². The Morgan fingerprint density at radius 3 is 2.58 bits per heavy atom. The highest BCUT2D eigenvalue weighted by atomic mass is 16.1. The van der Waals surface area contributed by atoms with Crippen molar-refractivity contribution in [1.29, 1.82) is 0 Å². The van der Waals surface area contributed by atoms with Gasteiger partial charge in [-0.3, -0.25) is 9.56 Å². The number of nitrogens with one attached hydrogen (secondary N) is 1. The first-order valence-corrected chi connectivity index (χ1v) is 11.0. The molecule has 31 heavy (non-hydrogen) atoms. The van der Waals surface area contributed by atoms with Crippen LogP contribution in [0.4, 0.5) is 0 Å². The second-order valence-corrected chi connectivity index (χ2v) is 8.06. The zero-order chi connectivity index (χ0) is 22.8. The fourth-order valence-electron chi connectivity index (χ4n) is 3.31. The second-order valence-electron chi connectivity index (χ2n) is 8.06. The molecule has 1 heterocycles. The zero-order valence-corrected chi connectivity index (χ0v) is 19.2. The van der Waals surface area contributed by atoms with E-state index in [2.05, 4.69) is 42.1 Å². The predicted octanol–water partition coefficient (Wildman–Crippen LogP) is 3.13. The minimum Gasteiger partial charge on any atom is -0.370 e. The summed E-state index contributed by atoms with van der Waals surface area (Å²) in [6.07, 6.45) is 7.10. The molecule has 168 valence electrons. The Morgan fingerprint density at radius 1 is 1.26 bits per heavy atom. The molecule has 7 heteroatoms. The number of benzene rings is 1. The number of nitrogens with zero attached hydrogens (tertiary/aromatic N) is 3. The van der Waals surface area contributed by atoms with Gasteiger partial charge in [-0.2, -0.15) is 4.98 Å². The monoisotopic (exact) mass is 424 g/mol. The molecule has 1 aromatic carbocycles. The standard InChI is InChI=1S/C24H36N6O/c1-5-7-20(17(2)3)14-21-16-30(24(31)29-18(21)4)22-10-8-19(9-11-22)15-27-12-6-13-28-23(25)26/h8-11,14,16-17,27H,5-7,12-13,15H2,1-4H3,(H4,25,26,28)/b20-14+. The van der Waals surface area contributed by atoms with E-state index in [-0.39, 0.29) is 11.6 Å². The number of rotatable bonds is 11. The van der Waals surface area contributed by atoms with Crippen molar-refractivity contribution in [2.24, 2.45) is 22.4 Å². The van der Waals surface area contributed by atoms with Gasteiger partial charge in [0.25, 0.3) is 0 Å². The lowest BCUT2D eigenvalue weighted by molar-refractivity contribution is 0.655. The maximum absolute atomic E-state index is 12.5. The summed E-state index contributed by atoms with van der Waals surface area (Å²) in [6, 6.07) is 7.96. The molecule has 2 rings (SSSR count). The number of hydrogen-bond donors (Lipinski definition) is 3. The summed E-state index contributed by atoms with van der Waals surface area (Å²) in [5, 5.41) is 3.37. The molecule has 0 radical (unpaired) electrons. The molecule has 0 fully saturated rings. The van der Waals surface area contributed by atoms with Crippen molar-refractivity contribution in [1.82, 2.24) is 14.9 Å². The van der Waals surface area contributed by atoms with Crippen LogP contribution in [0.15, 0.2) is 45.8 Å². The summed E-state index contributed by atoms with van der Waals surface area (Å²) in [4.78, 5) is 20.8. The van der Waals surface area contributed by atoms with E-state index in [4.69, 9.17) is 11.5 Å². The molecule has 1 aromatic heterocycles. The van der Waals surface area contributed by atoms with Gasteiger partial charge >= 0.3 is 5.69 Å². The highest BCUT2D eigenvalue weighted by molar-refractivity contribution is 5.75. The number of allylic oxidation sites excluding steroid dienone is 1. The quantitative estimate of drug-likeness (QED) is 0.291. The van der Waals surface area contributed by atoms with Crippen LogP contribution < -0.4 is 22.5 Å². The van der Waals surface area contributed by atoms with Crippen LogP contribution in [0.3, 0.4) is 0 Å². The van der Waals surface area contributed by atoms with E-state index < -0.39 is 0 Å². The molecule has 0 bridgehead atoms. The van der Waals surface area contributed by atoms with Crippen molar-refractivity contribution in [2.45, 2.75) is 53.5 Å². The van der Waals surface area contributed by atoms with Crippen molar-refractivity contribution < 1.29 is 0 Å². The van der Waals surface area contributed by atoms with E-state index in [1.54, 1.807) is 4.57 Å².